The molecule has 0 amide bonds. The summed E-state index contributed by atoms with van der Waals surface area (Å²) < 4.78 is 36.6. The van der Waals surface area contributed by atoms with Crippen LogP contribution in [0.15, 0.2) is 22.7 Å². The Balaban J connectivity index is 2.64. The second-order valence-corrected chi connectivity index (χ2v) is 7.36. The number of hydrogen-bond donors (Lipinski definition) is 1. The van der Waals surface area contributed by atoms with Crippen LogP contribution in [0.5, 0.6) is 0 Å². The molecule has 0 saturated heterocycles. The highest BCUT2D eigenvalue weighted by molar-refractivity contribution is 9.10. The van der Waals surface area contributed by atoms with Gasteiger partial charge in [-0.25, -0.2) is 12.8 Å². The zero-order valence-electron chi connectivity index (χ0n) is 10.1. The Kier molecular flexibility index (Phi) is 5.75. The van der Waals surface area contributed by atoms with Crippen molar-refractivity contribution in [3.8, 4) is 0 Å². The van der Waals surface area contributed by atoms with Crippen LogP contribution in [0.3, 0.4) is 0 Å². The Morgan fingerprint density at radius 3 is 2.67 bits per heavy atom. The molecule has 0 aliphatic heterocycles. The van der Waals surface area contributed by atoms with Gasteiger partial charge in [0, 0.05) is 15.8 Å². The average Bonchev–Trinajstić information content (AvgIpc) is 2.28. The van der Waals surface area contributed by atoms with Gasteiger partial charge in [0.25, 0.3) is 0 Å². The van der Waals surface area contributed by atoms with Gasteiger partial charge in [0.2, 0.25) is 0 Å². The maximum absolute atomic E-state index is 13.5. The van der Waals surface area contributed by atoms with Crippen LogP contribution in [0.1, 0.15) is 31.4 Å². The van der Waals surface area contributed by atoms with Gasteiger partial charge >= 0.3 is 0 Å². The highest BCUT2D eigenvalue weighted by atomic mass is 79.9. The molecule has 102 valence electrons. The molecule has 0 radical (unpaired) electrons. The molecular formula is C12H16BrFO3S. The zero-order chi connectivity index (χ0) is 13.8. The quantitative estimate of drug-likeness (QED) is 0.867. The summed E-state index contributed by atoms with van der Waals surface area (Å²) in [4.78, 5) is 0. The lowest BCUT2D eigenvalue weighted by Crippen LogP contribution is -2.10. The molecule has 0 bridgehead atoms. The fourth-order valence-corrected chi connectivity index (χ4v) is 3.12. The van der Waals surface area contributed by atoms with E-state index in [1.807, 2.05) is 0 Å². The number of benzene rings is 1. The van der Waals surface area contributed by atoms with Crippen LogP contribution in [-0.2, 0) is 9.84 Å². The predicted molar refractivity (Wildman–Crippen MR) is 72.6 cm³/mol. The summed E-state index contributed by atoms with van der Waals surface area (Å²) in [7, 11) is -3.03. The summed E-state index contributed by atoms with van der Waals surface area (Å²) in [6.45, 7) is 1.58. The minimum Gasteiger partial charge on any atom is -0.388 e. The molecule has 0 aromatic heterocycles. The number of halogens is 2. The van der Waals surface area contributed by atoms with Crippen molar-refractivity contribution in [3.63, 3.8) is 0 Å². The maximum Gasteiger partial charge on any atom is 0.150 e. The molecule has 0 fully saturated rings. The van der Waals surface area contributed by atoms with Crippen molar-refractivity contribution >= 4 is 25.8 Å². The van der Waals surface area contributed by atoms with Crippen LogP contribution >= 0.6 is 15.9 Å². The van der Waals surface area contributed by atoms with Gasteiger partial charge in [-0.1, -0.05) is 28.9 Å². The van der Waals surface area contributed by atoms with Crippen molar-refractivity contribution < 1.29 is 17.9 Å². The first-order valence-corrected chi connectivity index (χ1v) is 8.31. The van der Waals surface area contributed by atoms with Crippen molar-refractivity contribution in [1.82, 2.24) is 0 Å². The van der Waals surface area contributed by atoms with Crippen molar-refractivity contribution in [1.29, 1.82) is 0 Å². The van der Waals surface area contributed by atoms with Gasteiger partial charge < -0.3 is 5.11 Å². The molecular weight excluding hydrogens is 323 g/mol. The Hall–Kier alpha value is -0.460. The van der Waals surface area contributed by atoms with Crippen LogP contribution in [-0.4, -0.2) is 25.0 Å². The van der Waals surface area contributed by atoms with Crippen LogP contribution in [0.2, 0.25) is 0 Å². The summed E-state index contributed by atoms with van der Waals surface area (Å²) in [5.41, 5.74) is 0.186. The Morgan fingerprint density at radius 2 is 2.11 bits per heavy atom. The Morgan fingerprint density at radius 1 is 1.44 bits per heavy atom. The van der Waals surface area contributed by atoms with Crippen molar-refractivity contribution in [2.24, 2.45) is 0 Å². The number of sulfone groups is 1. The van der Waals surface area contributed by atoms with Crippen molar-refractivity contribution in [2.75, 3.05) is 11.5 Å². The predicted octanol–water partition coefficient (Wildman–Crippen LogP) is 2.84. The van der Waals surface area contributed by atoms with E-state index >= 15 is 0 Å². The third-order valence-electron chi connectivity index (χ3n) is 2.71. The lowest BCUT2D eigenvalue weighted by molar-refractivity contribution is 0.161. The van der Waals surface area contributed by atoms with Gasteiger partial charge in [0.1, 0.15) is 15.7 Å². The number of aliphatic hydroxyl groups is 1. The molecule has 0 heterocycles. The second kappa shape index (κ2) is 6.63. The monoisotopic (exact) mass is 338 g/mol. The van der Waals surface area contributed by atoms with E-state index in [-0.39, 0.29) is 23.5 Å². The van der Waals surface area contributed by atoms with E-state index in [1.54, 1.807) is 13.0 Å². The van der Waals surface area contributed by atoms with Gasteiger partial charge in [-0.05, 0) is 25.0 Å². The van der Waals surface area contributed by atoms with Crippen LogP contribution in [0.4, 0.5) is 4.39 Å². The first kappa shape index (κ1) is 15.6. The third kappa shape index (κ3) is 4.33. The molecule has 1 atom stereocenters. The normalized spacial score (nSPS) is 13.6. The molecule has 3 nitrogen and oxygen atoms in total. The zero-order valence-corrected chi connectivity index (χ0v) is 12.5. The molecule has 1 unspecified atom stereocenters. The number of hydrogen-bond acceptors (Lipinski definition) is 3. The summed E-state index contributed by atoms with van der Waals surface area (Å²) in [6, 6.07) is 4.45. The van der Waals surface area contributed by atoms with Crippen LogP contribution < -0.4 is 0 Å². The second-order valence-electron chi connectivity index (χ2n) is 4.03. The van der Waals surface area contributed by atoms with E-state index < -0.39 is 21.8 Å². The Labute approximate surface area is 115 Å². The molecule has 0 aliphatic rings. The molecule has 0 saturated carbocycles. The average molecular weight is 339 g/mol. The highest BCUT2D eigenvalue weighted by Crippen LogP contribution is 2.29. The SMILES string of the molecule is CCS(=O)(=O)CCCC(O)c1c(F)cccc1Br. The molecule has 1 aromatic rings. The highest BCUT2D eigenvalue weighted by Gasteiger charge is 2.17. The van der Waals surface area contributed by atoms with E-state index in [1.165, 1.54) is 12.1 Å². The molecule has 0 spiro atoms. The maximum atomic E-state index is 13.5. The minimum atomic E-state index is -3.03. The van der Waals surface area contributed by atoms with Crippen LogP contribution in [0.25, 0.3) is 0 Å². The molecule has 1 N–H and O–H groups in total. The largest absolute Gasteiger partial charge is 0.388 e. The summed E-state index contributed by atoms with van der Waals surface area (Å²) in [6.07, 6.45) is -0.454. The van der Waals surface area contributed by atoms with E-state index in [9.17, 15) is 17.9 Å². The molecule has 0 aliphatic carbocycles. The fraction of sp³-hybridized carbons (Fsp3) is 0.500. The molecule has 18 heavy (non-hydrogen) atoms. The minimum absolute atomic E-state index is 0.0205. The van der Waals surface area contributed by atoms with Gasteiger partial charge in [-0.15, -0.1) is 0 Å². The summed E-state index contributed by atoms with van der Waals surface area (Å²) >= 11 is 3.17. The lowest BCUT2D eigenvalue weighted by atomic mass is 10.0. The fourth-order valence-electron chi connectivity index (χ4n) is 1.61. The van der Waals surface area contributed by atoms with Gasteiger partial charge in [-0.3, -0.25) is 0 Å². The molecule has 1 rings (SSSR count). The number of rotatable bonds is 6. The smallest absolute Gasteiger partial charge is 0.150 e. The standard InChI is InChI=1S/C12H16BrFO3S/c1-2-18(16,17)8-4-7-11(15)12-9(13)5-3-6-10(12)14/h3,5-6,11,15H,2,4,7-8H2,1H3. The Bertz CT molecular complexity index is 482. The van der Waals surface area contributed by atoms with Crippen molar-refractivity contribution in [2.45, 2.75) is 25.9 Å². The van der Waals surface area contributed by atoms with Gasteiger partial charge in [-0.2, -0.15) is 0 Å². The molecule has 6 heteroatoms. The van der Waals surface area contributed by atoms with E-state index in [0.717, 1.165) is 0 Å². The van der Waals surface area contributed by atoms with Crippen molar-refractivity contribution in [3.05, 3.63) is 34.1 Å². The van der Waals surface area contributed by atoms with Crippen LogP contribution in [0, 0.1) is 5.82 Å². The first-order chi connectivity index (χ1) is 8.37. The van der Waals surface area contributed by atoms with E-state index in [2.05, 4.69) is 15.9 Å². The van der Waals surface area contributed by atoms with Gasteiger partial charge in [0.15, 0.2) is 0 Å². The first-order valence-electron chi connectivity index (χ1n) is 5.69. The lowest BCUT2D eigenvalue weighted by Gasteiger charge is -2.13. The number of aliphatic hydroxyl groups excluding tert-OH is 1. The van der Waals surface area contributed by atoms with E-state index in [0.29, 0.717) is 10.9 Å². The third-order valence-corrected chi connectivity index (χ3v) is 5.19. The summed E-state index contributed by atoms with van der Waals surface area (Å²) in [5.74, 6) is -0.380. The van der Waals surface area contributed by atoms with Gasteiger partial charge in [0.05, 0.1) is 11.9 Å². The topological polar surface area (TPSA) is 54.4 Å². The van der Waals surface area contributed by atoms with E-state index in [4.69, 9.17) is 0 Å². The molecule has 1 aromatic carbocycles. The summed E-state index contributed by atoms with van der Waals surface area (Å²) in [5, 5.41) is 9.89.